The number of nitrogens with zero attached hydrogens (tertiary/aromatic N) is 7. The van der Waals surface area contributed by atoms with Crippen LogP contribution in [-0.2, 0) is 4.74 Å². The first-order valence-electron chi connectivity index (χ1n) is 40.4. The van der Waals surface area contributed by atoms with E-state index in [0.717, 1.165) is 23.2 Å². The van der Waals surface area contributed by atoms with E-state index in [2.05, 4.69) is 397 Å². The highest BCUT2D eigenvalue weighted by atomic mass is 128. The highest BCUT2D eigenvalue weighted by Gasteiger charge is 2.36. The predicted octanol–water partition coefficient (Wildman–Crippen LogP) is 20.1. The number of aldehydes is 1. The Bertz CT molecular complexity index is 4400. The van der Waals surface area contributed by atoms with Gasteiger partial charge in [-0.15, -0.1) is 0 Å². The number of nitrogens with one attached hydrogen (secondary N) is 1. The number of ether oxygens (including phenoxy) is 1. The van der Waals surface area contributed by atoms with E-state index in [0.29, 0.717) is 30.4 Å². The van der Waals surface area contributed by atoms with Gasteiger partial charge in [0, 0.05) is 275 Å². The van der Waals surface area contributed by atoms with Crippen LogP contribution in [0.15, 0.2) is 273 Å². The van der Waals surface area contributed by atoms with Crippen LogP contribution >= 0.6 is 74.5 Å². The first-order valence-corrected chi connectivity index (χ1v) is 57.3. The van der Waals surface area contributed by atoms with E-state index < -0.39 is 23.2 Å². The summed E-state index contributed by atoms with van der Waals surface area (Å²) < 4.78 is 11.1. The first-order chi connectivity index (χ1) is 57.0. The molecule has 22 heteroatoms. The largest absolute Gasteiger partial charge is 0.410 e. The molecule has 120 heavy (non-hydrogen) atoms. The van der Waals surface area contributed by atoms with Crippen molar-refractivity contribution in [2.75, 3.05) is 150 Å². The number of carbonyl (C=O) groups is 1. The zero-order chi connectivity index (χ0) is 89.4. The van der Waals surface area contributed by atoms with Gasteiger partial charge in [0.05, 0.1) is 6.10 Å². The topological polar surface area (TPSA) is 187 Å². The summed E-state index contributed by atoms with van der Waals surface area (Å²) in [5.74, 6) is 1.64. The molecule has 0 amide bonds. The molecule has 3 aliphatic rings. The standard InChI is InChI=1S/C29H42N3O3Si.C24H29N2.C23H28N3.C8H11N.C8H8O.C6H16O3Si.2I2/c1-21(2)36(34,35)20-28(33)19-30-25-13-7-22(8-14-25)29(23-9-15-26(16-10-23)31(3)4)24-11-17-27(18-12-24)32(5)6;1-18-6-8-19(9-7-18)24(20-10-14-22(15-11-20)25(2)3)21-12-16-23(17-13-21)26(4)5;1-25(2)21-13-7-18(8-14-21)23(17-5-11-20(24)12-6-17)19-9-15-22(16-10-19)26(3)4;1-9(2)8-6-4-3-5-7-8;1-7-2-4-8(6-9)5-3-7;1-6(2)10(7,8)5-4-9-3;2*1-2/h7-18,21,23,28-30,33-35H,19-20H2,1-6H3;6-17,20,24H,1-5H3;5-16,18,23H,24H2,1-4H3;3-7H,1-2H3;2-6H,1H3;6-8H,4-5H2,1-3H3;;/q3*+1;;;;;. The lowest BCUT2D eigenvalue weighted by atomic mass is 9.78. The van der Waals surface area contributed by atoms with Crippen LogP contribution in [0, 0.1) is 31.6 Å². The molecule has 0 heterocycles. The minimum atomic E-state index is -3.40. The number of para-hydroxylation sites is 1. The normalized spacial score (nSPS) is 15.2. The molecule has 0 aromatic heterocycles. The number of nitrogen functional groups attached to an aromatic ring is 1. The van der Waals surface area contributed by atoms with Crippen LogP contribution in [-0.4, -0.2) is 204 Å². The van der Waals surface area contributed by atoms with Crippen molar-refractivity contribution in [3.8, 4) is 0 Å². The summed E-state index contributed by atoms with van der Waals surface area (Å²) in [6.45, 7) is 12.1. The van der Waals surface area contributed by atoms with Crippen LogP contribution < -0.4 is 30.7 Å². The Morgan fingerprint density at radius 2 is 0.700 bits per heavy atom. The third-order valence-electron chi connectivity index (χ3n) is 21.0. The summed E-state index contributed by atoms with van der Waals surface area (Å²) in [5, 5.41) is 13.5. The van der Waals surface area contributed by atoms with Crippen molar-refractivity contribution >= 4 is 149 Å². The Hall–Kier alpha value is -7.21. The number of nitrogens with two attached hydrogens (primary N) is 1. The van der Waals surface area contributed by atoms with Crippen molar-refractivity contribution in [3.05, 3.63) is 323 Å². The van der Waals surface area contributed by atoms with E-state index in [9.17, 15) is 29.1 Å². The van der Waals surface area contributed by atoms with Gasteiger partial charge in [-0.3, -0.25) is 4.79 Å². The third kappa shape index (κ3) is 35.6. The number of aliphatic hydroxyl groups excluding tert-OH is 1. The van der Waals surface area contributed by atoms with Crippen LogP contribution in [0.25, 0.3) is 0 Å². The average Bonchev–Trinajstić information content (AvgIpc) is 0.811. The Labute approximate surface area is 768 Å². The summed E-state index contributed by atoms with van der Waals surface area (Å²) >= 11 is 8.48. The van der Waals surface area contributed by atoms with Crippen molar-refractivity contribution < 1.29 is 47.5 Å². The first kappa shape index (κ1) is 105. The Morgan fingerprint density at radius 1 is 0.425 bits per heavy atom. The molecule has 646 valence electrons. The lowest BCUT2D eigenvalue weighted by molar-refractivity contribution is -0.462. The van der Waals surface area contributed by atoms with Gasteiger partial charge in [-0.25, -0.2) is 13.7 Å². The monoisotopic (exact) mass is 2110 g/mol. The van der Waals surface area contributed by atoms with Crippen LogP contribution in [0.4, 0.5) is 34.1 Å². The number of halogens is 4. The number of allylic oxidation sites excluding steroid dienone is 12. The van der Waals surface area contributed by atoms with E-state index >= 15 is 0 Å². The maximum Gasteiger partial charge on any atom is 0.338 e. The fourth-order valence-electron chi connectivity index (χ4n) is 13.1. The van der Waals surface area contributed by atoms with E-state index in [1.54, 1.807) is 21.0 Å². The van der Waals surface area contributed by atoms with Crippen molar-refractivity contribution in [1.29, 1.82) is 0 Å². The second-order valence-corrected chi connectivity index (χ2v) is 39.0. The maximum atomic E-state index is 10.3. The summed E-state index contributed by atoms with van der Waals surface area (Å²) in [6.07, 6.45) is 27.1. The Morgan fingerprint density at radius 3 is 0.967 bits per heavy atom. The maximum absolute atomic E-state index is 10.3. The number of aliphatic hydroxyl groups is 1. The van der Waals surface area contributed by atoms with Gasteiger partial charge in [0.25, 0.3) is 0 Å². The number of benzene rings is 8. The molecule has 8 N–H and O–H groups in total. The van der Waals surface area contributed by atoms with Crippen LogP contribution in [0.1, 0.15) is 100 Å². The fourth-order valence-corrected chi connectivity index (χ4v) is 15.5. The summed E-state index contributed by atoms with van der Waals surface area (Å²) in [7, 11) is 24.1. The van der Waals surface area contributed by atoms with Crippen molar-refractivity contribution in [2.45, 2.75) is 88.6 Å². The number of hydrogen-bond donors (Lipinski definition) is 7. The molecule has 8 aromatic rings. The molecule has 0 spiro atoms. The van der Waals surface area contributed by atoms with Gasteiger partial charge in [0.15, 0.2) is 17.1 Å². The van der Waals surface area contributed by atoms with Gasteiger partial charge in [0.2, 0.25) is 0 Å². The van der Waals surface area contributed by atoms with Crippen LogP contribution in [0.5, 0.6) is 0 Å². The number of carbonyl (C=O) groups excluding carboxylic acids is 1. The van der Waals surface area contributed by atoms with Crippen molar-refractivity contribution in [3.63, 3.8) is 0 Å². The fraction of sp³-hybridized carbons (Fsp3) is 0.347. The average molecular weight is 2110 g/mol. The molecule has 0 radical (unpaired) electrons. The third-order valence-corrected chi connectivity index (χ3v) is 26.7. The van der Waals surface area contributed by atoms with Gasteiger partial charge in [-0.1, -0.05) is 203 Å². The summed E-state index contributed by atoms with van der Waals surface area (Å²) in [6, 6.07) is 70.3. The number of aryl methyl sites for hydroxylation is 2. The number of anilines is 6. The second kappa shape index (κ2) is 54.4. The summed E-state index contributed by atoms with van der Waals surface area (Å²) in [4.78, 5) is 57.6. The van der Waals surface area contributed by atoms with Gasteiger partial charge < -0.3 is 59.7 Å². The number of methoxy groups -OCH3 is 1. The molecule has 0 saturated carbocycles. The minimum Gasteiger partial charge on any atom is -0.410 e. The quantitative estimate of drug-likeness (QED) is 0.00997. The SMILES string of the molecule is CC(C)[Si](O)(O)CC(O)CNc1ccc(C(c2ccc(N(C)C)cc2)C2C=CC(=[N+](C)C)C=C2)cc1.CN(C)c1ccc(C(c2ccc(N)cc2)C2C=CC(=[N+](C)C)C=C2)cc1.CN(C)c1ccccc1.COCC[Si](O)(O)C(C)C.Cc1ccc(C(c2ccc(N(C)C)cc2)C2C=CC(=[N+](C)C)C=C2)cc1.Cc1ccc(C=O)cc1.II.II. The number of rotatable bonds is 24. The van der Waals surface area contributed by atoms with E-state index in [-0.39, 0.29) is 41.4 Å². The molecular weight excluding hydrogens is 1980 g/mol. The van der Waals surface area contributed by atoms with E-state index in [1.165, 1.54) is 84.4 Å². The van der Waals surface area contributed by atoms with Crippen molar-refractivity contribution in [1.82, 2.24) is 0 Å². The smallest absolute Gasteiger partial charge is 0.338 e. The van der Waals surface area contributed by atoms with Crippen LogP contribution in [0.2, 0.25) is 23.2 Å². The molecule has 0 fully saturated rings. The summed E-state index contributed by atoms with van der Waals surface area (Å²) in [5.41, 5.74) is 26.9. The molecular formula is C98H134I4N9O7Si2+3. The molecule has 16 nitrogen and oxygen atoms in total. The Balaban J connectivity index is 0.000000322. The van der Waals surface area contributed by atoms with Crippen molar-refractivity contribution in [2.24, 2.45) is 17.8 Å². The van der Waals surface area contributed by atoms with Gasteiger partial charge in [-0.05, 0) is 131 Å². The highest BCUT2D eigenvalue weighted by molar-refractivity contribution is 15.0. The lowest BCUT2D eigenvalue weighted by Gasteiger charge is -2.26. The van der Waals surface area contributed by atoms with Gasteiger partial charge >= 0.3 is 17.1 Å². The van der Waals surface area contributed by atoms with E-state index in [1.807, 2.05) is 116 Å². The zero-order valence-electron chi connectivity index (χ0n) is 74.4. The van der Waals surface area contributed by atoms with Gasteiger partial charge in [0.1, 0.15) is 48.6 Å². The molecule has 8 aromatic carbocycles. The lowest BCUT2D eigenvalue weighted by Crippen LogP contribution is -2.43. The van der Waals surface area contributed by atoms with Crippen LogP contribution in [0.3, 0.4) is 0 Å². The molecule has 3 aliphatic carbocycles. The Kier molecular flexibility index (Phi) is 47.7. The zero-order valence-corrected chi connectivity index (χ0v) is 85.0. The molecule has 4 atom stereocenters. The molecule has 0 saturated heterocycles. The molecule has 11 rings (SSSR count). The molecule has 0 bridgehead atoms. The molecule has 4 unspecified atom stereocenters. The van der Waals surface area contributed by atoms with Gasteiger partial charge in [-0.2, -0.15) is 0 Å². The predicted molar refractivity (Wildman–Crippen MR) is 553 cm³/mol. The number of hydrogen-bond acceptors (Lipinski definition) is 13. The van der Waals surface area contributed by atoms with E-state index in [4.69, 9.17) is 10.5 Å². The minimum absolute atomic E-state index is 0.0114. The second-order valence-electron chi connectivity index (χ2n) is 32.2. The molecule has 0 aliphatic heterocycles. The highest BCUT2D eigenvalue weighted by Crippen LogP contribution is 2.40.